The van der Waals surface area contributed by atoms with E-state index in [2.05, 4.69) is 28.7 Å². The fraction of sp³-hybridized carbons (Fsp3) is 0. The molecule has 0 radical (unpaired) electrons. The average molecular weight is 336 g/mol. The van der Waals surface area contributed by atoms with E-state index in [-0.39, 0.29) is 0 Å². The van der Waals surface area contributed by atoms with Gasteiger partial charge in [-0.1, -0.05) is 6.07 Å². The van der Waals surface area contributed by atoms with Crippen LogP contribution >= 0.6 is 22.6 Å². The predicted octanol–water partition coefficient (Wildman–Crippen LogP) is 3.54. The van der Waals surface area contributed by atoms with E-state index in [4.69, 9.17) is 15.7 Å². The molecule has 0 heterocycles. The molecule has 0 saturated heterocycles. The lowest BCUT2D eigenvalue weighted by Gasteiger charge is -2.08. The molecule has 2 N–H and O–H groups in total. The van der Waals surface area contributed by atoms with Crippen LogP contribution in [0.3, 0.4) is 0 Å². The number of nitrogens with two attached hydrogens (primary N) is 1. The first kappa shape index (κ1) is 11.7. The standard InChI is InChI=1S/C13H9IN2O/c14-10-4-5-13(12(16)7-10)17-11-3-1-2-9(6-11)8-15/h1-7H,16H2. The third kappa shape index (κ3) is 2.88. The lowest BCUT2D eigenvalue weighted by molar-refractivity contribution is 0.485. The summed E-state index contributed by atoms with van der Waals surface area (Å²) in [4.78, 5) is 0. The monoisotopic (exact) mass is 336 g/mol. The molecule has 0 aliphatic rings. The van der Waals surface area contributed by atoms with Gasteiger partial charge in [-0.2, -0.15) is 5.26 Å². The summed E-state index contributed by atoms with van der Waals surface area (Å²) in [6, 6.07) is 14.6. The molecule has 0 aromatic heterocycles. The zero-order valence-corrected chi connectivity index (χ0v) is 11.0. The second kappa shape index (κ2) is 5.06. The van der Waals surface area contributed by atoms with Crippen molar-refractivity contribution in [1.29, 1.82) is 5.26 Å². The Hall–Kier alpha value is -1.74. The zero-order valence-electron chi connectivity index (χ0n) is 8.85. The lowest BCUT2D eigenvalue weighted by Crippen LogP contribution is -1.92. The summed E-state index contributed by atoms with van der Waals surface area (Å²) in [6.07, 6.45) is 0. The zero-order chi connectivity index (χ0) is 12.3. The number of hydrogen-bond acceptors (Lipinski definition) is 3. The maximum absolute atomic E-state index is 8.79. The average Bonchev–Trinajstić information content (AvgIpc) is 2.33. The van der Waals surface area contributed by atoms with E-state index in [9.17, 15) is 0 Å². The molecule has 0 spiro atoms. The van der Waals surface area contributed by atoms with E-state index in [0.717, 1.165) is 3.57 Å². The van der Waals surface area contributed by atoms with Crippen LogP contribution in [-0.2, 0) is 0 Å². The van der Waals surface area contributed by atoms with Gasteiger partial charge in [0.05, 0.1) is 17.3 Å². The highest BCUT2D eigenvalue weighted by molar-refractivity contribution is 14.1. The van der Waals surface area contributed by atoms with Gasteiger partial charge in [0.25, 0.3) is 0 Å². The molecular formula is C13H9IN2O. The Balaban J connectivity index is 2.28. The summed E-state index contributed by atoms with van der Waals surface area (Å²) in [5, 5.41) is 8.79. The molecule has 2 aromatic rings. The van der Waals surface area contributed by atoms with Gasteiger partial charge in [-0.3, -0.25) is 0 Å². The highest BCUT2D eigenvalue weighted by Crippen LogP contribution is 2.28. The van der Waals surface area contributed by atoms with E-state index in [0.29, 0.717) is 22.7 Å². The molecule has 2 rings (SSSR count). The van der Waals surface area contributed by atoms with E-state index in [1.54, 1.807) is 24.3 Å². The van der Waals surface area contributed by atoms with Crippen molar-refractivity contribution in [1.82, 2.24) is 0 Å². The van der Waals surface area contributed by atoms with Crippen molar-refractivity contribution in [2.75, 3.05) is 5.73 Å². The van der Waals surface area contributed by atoms with Gasteiger partial charge in [-0.05, 0) is 59.0 Å². The summed E-state index contributed by atoms with van der Waals surface area (Å²) >= 11 is 2.19. The molecule has 17 heavy (non-hydrogen) atoms. The van der Waals surface area contributed by atoms with Crippen molar-refractivity contribution >= 4 is 28.3 Å². The molecule has 2 aromatic carbocycles. The quantitative estimate of drug-likeness (QED) is 0.674. The van der Waals surface area contributed by atoms with Gasteiger partial charge in [0, 0.05) is 3.57 Å². The smallest absolute Gasteiger partial charge is 0.150 e. The number of benzene rings is 2. The molecule has 0 unspecified atom stereocenters. The van der Waals surface area contributed by atoms with E-state index in [1.807, 2.05) is 18.2 Å². The van der Waals surface area contributed by atoms with Gasteiger partial charge >= 0.3 is 0 Å². The highest BCUT2D eigenvalue weighted by atomic mass is 127. The van der Waals surface area contributed by atoms with Gasteiger partial charge in [0.15, 0.2) is 0 Å². The molecule has 0 aliphatic heterocycles. The minimum atomic E-state index is 0.562. The number of rotatable bonds is 2. The number of nitrogens with zero attached hydrogens (tertiary/aromatic N) is 1. The number of anilines is 1. The normalized spacial score (nSPS) is 9.65. The lowest BCUT2D eigenvalue weighted by atomic mass is 10.2. The Bertz CT molecular complexity index is 590. The Labute approximate surface area is 113 Å². The van der Waals surface area contributed by atoms with Crippen LogP contribution in [0.25, 0.3) is 0 Å². The van der Waals surface area contributed by atoms with Crippen LogP contribution in [0.1, 0.15) is 5.56 Å². The summed E-state index contributed by atoms with van der Waals surface area (Å²) in [5.41, 5.74) is 6.99. The molecule has 0 bridgehead atoms. The minimum Gasteiger partial charge on any atom is -0.455 e. The first-order valence-corrected chi connectivity index (χ1v) is 6.00. The second-order valence-corrected chi connectivity index (χ2v) is 4.67. The maximum atomic E-state index is 8.79. The van der Waals surface area contributed by atoms with Gasteiger partial charge in [0.2, 0.25) is 0 Å². The van der Waals surface area contributed by atoms with Crippen molar-refractivity contribution in [2.24, 2.45) is 0 Å². The number of halogens is 1. The third-order valence-electron chi connectivity index (χ3n) is 2.16. The largest absolute Gasteiger partial charge is 0.455 e. The molecule has 3 nitrogen and oxygen atoms in total. The first-order chi connectivity index (χ1) is 8.19. The van der Waals surface area contributed by atoms with Gasteiger partial charge in [0.1, 0.15) is 11.5 Å². The molecular weight excluding hydrogens is 327 g/mol. The Morgan fingerprint density at radius 2 is 2.00 bits per heavy atom. The van der Waals surface area contributed by atoms with Crippen LogP contribution in [0, 0.1) is 14.9 Å². The highest BCUT2D eigenvalue weighted by Gasteiger charge is 2.03. The summed E-state index contributed by atoms with van der Waals surface area (Å²) in [7, 11) is 0. The maximum Gasteiger partial charge on any atom is 0.150 e. The first-order valence-electron chi connectivity index (χ1n) is 4.92. The summed E-state index contributed by atoms with van der Waals surface area (Å²) in [6.45, 7) is 0. The Kier molecular flexibility index (Phi) is 3.49. The number of nitriles is 1. The molecule has 0 amide bonds. The summed E-state index contributed by atoms with van der Waals surface area (Å²) < 4.78 is 6.68. The Morgan fingerprint density at radius 1 is 1.18 bits per heavy atom. The van der Waals surface area contributed by atoms with Crippen LogP contribution in [0.4, 0.5) is 5.69 Å². The third-order valence-corrected chi connectivity index (χ3v) is 2.83. The molecule has 4 heteroatoms. The molecule has 0 aliphatic carbocycles. The second-order valence-electron chi connectivity index (χ2n) is 3.42. The Morgan fingerprint density at radius 3 is 2.71 bits per heavy atom. The van der Waals surface area contributed by atoms with Crippen molar-refractivity contribution in [3.05, 3.63) is 51.6 Å². The number of ether oxygens (including phenoxy) is 1. The van der Waals surface area contributed by atoms with Crippen LogP contribution in [0.15, 0.2) is 42.5 Å². The molecule has 0 atom stereocenters. The van der Waals surface area contributed by atoms with Crippen LogP contribution in [0.2, 0.25) is 0 Å². The fourth-order valence-electron chi connectivity index (χ4n) is 1.37. The number of nitrogen functional groups attached to an aromatic ring is 1. The van der Waals surface area contributed by atoms with E-state index >= 15 is 0 Å². The van der Waals surface area contributed by atoms with Gasteiger partial charge in [-0.15, -0.1) is 0 Å². The van der Waals surface area contributed by atoms with Crippen molar-refractivity contribution in [2.45, 2.75) is 0 Å². The summed E-state index contributed by atoms with van der Waals surface area (Å²) in [5.74, 6) is 1.21. The SMILES string of the molecule is N#Cc1cccc(Oc2ccc(I)cc2N)c1. The van der Waals surface area contributed by atoms with Crippen LogP contribution < -0.4 is 10.5 Å². The van der Waals surface area contributed by atoms with Crippen molar-refractivity contribution < 1.29 is 4.74 Å². The minimum absolute atomic E-state index is 0.562. The molecule has 0 fully saturated rings. The van der Waals surface area contributed by atoms with Crippen molar-refractivity contribution in [3.8, 4) is 17.6 Å². The fourth-order valence-corrected chi connectivity index (χ4v) is 1.88. The predicted molar refractivity (Wildman–Crippen MR) is 74.8 cm³/mol. The van der Waals surface area contributed by atoms with Crippen molar-refractivity contribution in [3.63, 3.8) is 0 Å². The van der Waals surface area contributed by atoms with Gasteiger partial charge in [-0.25, -0.2) is 0 Å². The van der Waals surface area contributed by atoms with Crippen LogP contribution in [-0.4, -0.2) is 0 Å². The molecule has 84 valence electrons. The van der Waals surface area contributed by atoms with E-state index in [1.165, 1.54) is 0 Å². The van der Waals surface area contributed by atoms with E-state index < -0.39 is 0 Å². The van der Waals surface area contributed by atoms with Gasteiger partial charge < -0.3 is 10.5 Å². The topological polar surface area (TPSA) is 59.0 Å². The number of hydrogen-bond donors (Lipinski definition) is 1. The van der Waals surface area contributed by atoms with Crippen LogP contribution in [0.5, 0.6) is 11.5 Å². The molecule has 0 saturated carbocycles.